The number of nitrogens with zero attached hydrogens (tertiary/aromatic N) is 3. The summed E-state index contributed by atoms with van der Waals surface area (Å²) in [6, 6.07) is 16.4. The first-order valence-electron chi connectivity index (χ1n) is 12.2. The lowest BCUT2D eigenvalue weighted by atomic mass is 9.93. The van der Waals surface area contributed by atoms with Gasteiger partial charge >= 0.3 is 0 Å². The summed E-state index contributed by atoms with van der Waals surface area (Å²) in [5, 5.41) is 2.72. The number of hydrogen-bond donors (Lipinski definition) is 0. The van der Waals surface area contributed by atoms with E-state index in [4.69, 9.17) is 0 Å². The maximum Gasteiger partial charge on any atom is 0.245 e. The lowest BCUT2D eigenvalue weighted by molar-refractivity contribution is -0.133. The van der Waals surface area contributed by atoms with Gasteiger partial charge in [0.2, 0.25) is 15.9 Å². The van der Waals surface area contributed by atoms with E-state index in [0.29, 0.717) is 18.5 Å². The minimum absolute atomic E-state index is 0.00300. The standard InChI is InChI=1S/C28H28FN3O3S2/c1-19(2)17-31(37(34,35)25-7-3-5-20-6-4-14-30-27(20)25)18-26(33)32-15-12-24-23(13-16-36-24)28(32)21-8-10-22(29)11-9-21/h3-11,13-14,16,19,28H,12,15,17-18H2,1-2H3. The number of pyridine rings is 1. The Labute approximate surface area is 220 Å². The number of para-hydroxylation sites is 1. The highest BCUT2D eigenvalue weighted by Gasteiger charge is 2.36. The SMILES string of the molecule is CC(C)CN(CC(=O)N1CCc2sccc2C1c1ccc(F)cc1)S(=O)(=O)c1cccc2cccnc12. The van der Waals surface area contributed by atoms with Crippen molar-refractivity contribution in [1.29, 1.82) is 0 Å². The maximum absolute atomic E-state index is 13.9. The topological polar surface area (TPSA) is 70.6 Å². The fraction of sp³-hybridized carbons (Fsp3) is 0.286. The molecule has 1 amide bonds. The molecule has 1 aliphatic heterocycles. The lowest BCUT2D eigenvalue weighted by Gasteiger charge is -2.37. The van der Waals surface area contributed by atoms with Crippen LogP contribution < -0.4 is 0 Å². The number of thiophene rings is 1. The lowest BCUT2D eigenvalue weighted by Crippen LogP contribution is -2.47. The van der Waals surface area contributed by atoms with Crippen LogP contribution in [0.1, 0.15) is 35.9 Å². The van der Waals surface area contributed by atoms with Crippen molar-refractivity contribution in [1.82, 2.24) is 14.2 Å². The predicted octanol–water partition coefficient (Wildman–Crippen LogP) is 5.26. The van der Waals surface area contributed by atoms with Gasteiger partial charge in [-0.25, -0.2) is 12.8 Å². The van der Waals surface area contributed by atoms with E-state index < -0.39 is 16.1 Å². The third-order valence-corrected chi connectivity index (χ3v) is 9.41. The Morgan fingerprint density at radius 3 is 2.65 bits per heavy atom. The quantitative estimate of drug-likeness (QED) is 0.323. The molecule has 5 rings (SSSR count). The van der Waals surface area contributed by atoms with Crippen LogP contribution in [0, 0.1) is 11.7 Å². The highest BCUT2D eigenvalue weighted by molar-refractivity contribution is 7.89. The Morgan fingerprint density at radius 1 is 1.14 bits per heavy atom. The van der Waals surface area contributed by atoms with Gasteiger partial charge in [0, 0.05) is 29.5 Å². The van der Waals surface area contributed by atoms with Crippen LogP contribution in [0.5, 0.6) is 0 Å². The Kier molecular flexibility index (Phi) is 7.11. The van der Waals surface area contributed by atoms with Crippen LogP contribution >= 0.6 is 11.3 Å². The molecule has 0 saturated heterocycles. The Hall–Kier alpha value is -3.14. The molecule has 0 radical (unpaired) electrons. The number of hydrogen-bond acceptors (Lipinski definition) is 5. The average molecular weight is 538 g/mol. The van der Waals surface area contributed by atoms with Crippen molar-refractivity contribution in [2.45, 2.75) is 31.2 Å². The van der Waals surface area contributed by atoms with Crippen LogP contribution in [0.25, 0.3) is 10.9 Å². The highest BCUT2D eigenvalue weighted by atomic mass is 32.2. The van der Waals surface area contributed by atoms with Crippen molar-refractivity contribution in [2.75, 3.05) is 19.6 Å². The van der Waals surface area contributed by atoms with Crippen LogP contribution in [0.3, 0.4) is 0 Å². The van der Waals surface area contributed by atoms with E-state index >= 15 is 0 Å². The second kappa shape index (κ2) is 10.3. The molecule has 0 fully saturated rings. The Balaban J connectivity index is 1.51. The van der Waals surface area contributed by atoms with Crippen LogP contribution in [-0.4, -0.2) is 48.1 Å². The number of sulfonamides is 1. The second-order valence-corrected chi connectivity index (χ2v) is 12.5. The number of aromatic nitrogens is 1. The van der Waals surface area contributed by atoms with Crippen molar-refractivity contribution in [3.05, 3.63) is 94.1 Å². The number of benzene rings is 2. The number of fused-ring (bicyclic) bond motifs is 2. The van der Waals surface area contributed by atoms with Crippen molar-refractivity contribution in [3.63, 3.8) is 0 Å². The zero-order valence-corrected chi connectivity index (χ0v) is 22.3. The minimum atomic E-state index is -4.02. The summed E-state index contributed by atoms with van der Waals surface area (Å²) in [6.45, 7) is 4.21. The van der Waals surface area contributed by atoms with Crippen molar-refractivity contribution < 1.29 is 17.6 Å². The molecular formula is C28H28FN3O3S2. The molecule has 2 aromatic carbocycles. The van der Waals surface area contributed by atoms with Gasteiger partial charge in [0.25, 0.3) is 0 Å². The average Bonchev–Trinajstić information content (AvgIpc) is 3.36. The molecular weight excluding hydrogens is 509 g/mol. The first-order chi connectivity index (χ1) is 17.8. The molecule has 1 atom stereocenters. The van der Waals surface area contributed by atoms with Crippen LogP contribution in [0.2, 0.25) is 0 Å². The molecule has 2 aromatic heterocycles. The minimum Gasteiger partial charge on any atom is -0.330 e. The zero-order valence-electron chi connectivity index (χ0n) is 20.7. The summed E-state index contributed by atoms with van der Waals surface area (Å²) in [6.07, 6.45) is 2.26. The molecule has 0 bridgehead atoms. The second-order valence-electron chi connectivity index (χ2n) is 9.61. The Bertz CT molecular complexity index is 1530. The summed E-state index contributed by atoms with van der Waals surface area (Å²) >= 11 is 1.64. The summed E-state index contributed by atoms with van der Waals surface area (Å²) in [5.41, 5.74) is 2.19. The molecule has 37 heavy (non-hydrogen) atoms. The van der Waals surface area contributed by atoms with Gasteiger partial charge in [-0.3, -0.25) is 9.78 Å². The van der Waals surface area contributed by atoms with Gasteiger partial charge in [-0.2, -0.15) is 4.31 Å². The molecule has 3 heterocycles. The molecule has 0 aliphatic carbocycles. The molecule has 6 nitrogen and oxygen atoms in total. The van der Waals surface area contributed by atoms with Crippen molar-refractivity contribution in [2.24, 2.45) is 5.92 Å². The van der Waals surface area contributed by atoms with E-state index in [1.165, 1.54) is 21.3 Å². The van der Waals surface area contributed by atoms with Gasteiger partial charge < -0.3 is 4.90 Å². The summed E-state index contributed by atoms with van der Waals surface area (Å²) in [5.74, 6) is -0.632. The van der Waals surface area contributed by atoms with Gasteiger partial charge in [-0.1, -0.05) is 44.2 Å². The maximum atomic E-state index is 13.9. The first kappa shape index (κ1) is 25.5. The number of halogens is 1. The van der Waals surface area contributed by atoms with E-state index in [9.17, 15) is 17.6 Å². The number of carbonyl (C=O) groups excluding carboxylic acids is 1. The zero-order chi connectivity index (χ0) is 26.2. The summed E-state index contributed by atoms with van der Waals surface area (Å²) in [7, 11) is -4.02. The van der Waals surface area contributed by atoms with Crippen molar-refractivity contribution in [3.8, 4) is 0 Å². The Morgan fingerprint density at radius 2 is 1.89 bits per heavy atom. The van der Waals surface area contributed by atoms with Crippen LogP contribution in [-0.2, 0) is 21.2 Å². The molecule has 1 aliphatic rings. The normalized spacial score (nSPS) is 15.9. The molecule has 9 heteroatoms. The van der Waals surface area contributed by atoms with Gasteiger partial charge in [-0.05, 0) is 59.2 Å². The molecule has 192 valence electrons. The summed E-state index contributed by atoms with van der Waals surface area (Å²) < 4.78 is 42.8. The van der Waals surface area contributed by atoms with Gasteiger partial charge in [0.15, 0.2) is 0 Å². The van der Waals surface area contributed by atoms with Crippen LogP contribution in [0.15, 0.2) is 77.1 Å². The molecule has 1 unspecified atom stereocenters. The van der Waals surface area contributed by atoms with E-state index in [0.717, 1.165) is 16.5 Å². The number of carbonyl (C=O) groups is 1. The fourth-order valence-corrected chi connectivity index (χ4v) is 7.53. The van der Waals surface area contributed by atoms with Gasteiger partial charge in [0.05, 0.1) is 18.1 Å². The van der Waals surface area contributed by atoms with Gasteiger partial charge in [0.1, 0.15) is 10.7 Å². The summed E-state index contributed by atoms with van der Waals surface area (Å²) in [4.78, 5) is 21.2. The molecule has 0 saturated carbocycles. The molecule has 4 aromatic rings. The monoisotopic (exact) mass is 537 g/mol. The number of amides is 1. The number of rotatable bonds is 7. The molecule has 0 spiro atoms. The van der Waals surface area contributed by atoms with E-state index in [1.54, 1.807) is 52.8 Å². The third kappa shape index (κ3) is 5.03. The smallest absolute Gasteiger partial charge is 0.245 e. The first-order valence-corrected chi connectivity index (χ1v) is 14.5. The highest BCUT2D eigenvalue weighted by Crippen LogP contribution is 2.38. The van der Waals surface area contributed by atoms with E-state index in [1.807, 2.05) is 37.4 Å². The van der Waals surface area contributed by atoms with Crippen LogP contribution in [0.4, 0.5) is 4.39 Å². The third-order valence-electron chi connectivity index (χ3n) is 6.57. The predicted molar refractivity (Wildman–Crippen MR) is 143 cm³/mol. The molecule has 0 N–H and O–H groups in total. The van der Waals surface area contributed by atoms with Crippen molar-refractivity contribution >= 4 is 38.2 Å². The van der Waals surface area contributed by atoms with E-state index in [2.05, 4.69) is 4.98 Å². The fourth-order valence-electron chi connectivity index (χ4n) is 4.91. The largest absolute Gasteiger partial charge is 0.330 e. The van der Waals surface area contributed by atoms with E-state index in [-0.39, 0.29) is 35.6 Å². The van der Waals surface area contributed by atoms with Gasteiger partial charge in [-0.15, -0.1) is 11.3 Å².